The molecule has 0 N–H and O–H groups in total. The molecule has 0 bridgehead atoms. The van der Waals surface area contributed by atoms with Crippen LogP contribution >= 0.6 is 0 Å². The maximum Gasteiger partial charge on any atom is 0.118 e. The second-order valence-electron chi connectivity index (χ2n) is 5.90. The van der Waals surface area contributed by atoms with Crippen LogP contribution in [0.1, 0.15) is 36.0 Å². The van der Waals surface area contributed by atoms with Gasteiger partial charge in [0, 0.05) is 12.3 Å². The molecule has 27 heavy (non-hydrogen) atoms. The van der Waals surface area contributed by atoms with E-state index in [2.05, 4.69) is 48.5 Å². The zero-order chi connectivity index (χ0) is 19.5. The van der Waals surface area contributed by atoms with Crippen molar-refractivity contribution in [1.82, 2.24) is 0 Å². The first-order valence-electron chi connectivity index (χ1n) is 8.93. The second-order valence-corrected chi connectivity index (χ2v) is 5.90. The lowest BCUT2D eigenvalue weighted by Gasteiger charge is -2.19. The maximum atomic E-state index is 7.62. The Balaban J connectivity index is 0.000000596. The van der Waals surface area contributed by atoms with Crippen molar-refractivity contribution in [1.29, 1.82) is 5.26 Å². The number of rotatable bonds is 5. The molecule has 0 aliphatic heterocycles. The number of methoxy groups -OCH3 is 2. The maximum absolute atomic E-state index is 7.62. The van der Waals surface area contributed by atoms with Gasteiger partial charge in [-0.2, -0.15) is 5.26 Å². The Morgan fingerprint density at radius 2 is 1.07 bits per heavy atom. The minimum Gasteiger partial charge on any atom is -0.497 e. The van der Waals surface area contributed by atoms with Crippen LogP contribution in [0.2, 0.25) is 0 Å². The van der Waals surface area contributed by atoms with E-state index < -0.39 is 0 Å². The highest BCUT2D eigenvalue weighted by Gasteiger charge is 2.16. The van der Waals surface area contributed by atoms with Crippen molar-refractivity contribution in [3.05, 3.63) is 95.6 Å². The summed E-state index contributed by atoms with van der Waals surface area (Å²) in [6.45, 7) is 1.82. The van der Waals surface area contributed by atoms with E-state index in [1.54, 1.807) is 14.2 Å². The van der Waals surface area contributed by atoms with Crippen molar-refractivity contribution in [3.63, 3.8) is 0 Å². The molecule has 0 spiro atoms. The monoisotopic (exact) mass is 359 g/mol. The normalized spacial score (nSPS) is 9.74. The summed E-state index contributed by atoms with van der Waals surface area (Å²) in [5, 5.41) is 7.62. The summed E-state index contributed by atoms with van der Waals surface area (Å²) in [4.78, 5) is 0. The Morgan fingerprint density at radius 1 is 0.704 bits per heavy atom. The molecule has 0 saturated carbocycles. The van der Waals surface area contributed by atoms with Gasteiger partial charge in [0.25, 0.3) is 0 Å². The zero-order valence-electron chi connectivity index (χ0n) is 16.1. The first-order valence-corrected chi connectivity index (χ1v) is 8.93. The van der Waals surface area contributed by atoms with E-state index in [4.69, 9.17) is 14.7 Å². The number of nitriles is 1. The molecule has 0 aliphatic carbocycles. The lowest BCUT2D eigenvalue weighted by atomic mass is 9.85. The Hall–Kier alpha value is -3.25. The van der Waals surface area contributed by atoms with Gasteiger partial charge in [-0.05, 0) is 41.0 Å². The molecular weight excluding hydrogens is 334 g/mol. The topological polar surface area (TPSA) is 42.2 Å². The molecule has 3 aromatic carbocycles. The van der Waals surface area contributed by atoms with Crippen LogP contribution in [0.3, 0.4) is 0 Å². The third kappa shape index (κ3) is 5.62. The van der Waals surface area contributed by atoms with Gasteiger partial charge in [0.1, 0.15) is 11.5 Å². The predicted molar refractivity (Wildman–Crippen MR) is 109 cm³/mol. The third-order valence-corrected chi connectivity index (χ3v) is 4.19. The predicted octanol–water partition coefficient (Wildman–Crippen LogP) is 5.80. The fourth-order valence-corrected chi connectivity index (χ4v) is 2.82. The van der Waals surface area contributed by atoms with Gasteiger partial charge in [0.05, 0.1) is 20.3 Å². The van der Waals surface area contributed by atoms with E-state index in [0.29, 0.717) is 6.42 Å². The van der Waals surface area contributed by atoms with Crippen molar-refractivity contribution >= 4 is 0 Å². The molecule has 3 heteroatoms. The molecule has 3 rings (SSSR count). The molecule has 0 heterocycles. The Bertz CT molecular complexity index is 787. The van der Waals surface area contributed by atoms with Gasteiger partial charge >= 0.3 is 0 Å². The Labute approximate surface area is 161 Å². The van der Waals surface area contributed by atoms with Crippen molar-refractivity contribution < 1.29 is 9.47 Å². The van der Waals surface area contributed by atoms with Crippen LogP contribution in [0.5, 0.6) is 11.5 Å². The molecule has 0 atom stereocenters. The first-order chi connectivity index (χ1) is 13.2. The van der Waals surface area contributed by atoms with E-state index in [1.165, 1.54) is 16.7 Å². The minimum atomic E-state index is 0.188. The molecule has 0 aliphatic rings. The van der Waals surface area contributed by atoms with Gasteiger partial charge in [-0.1, -0.05) is 61.5 Å². The van der Waals surface area contributed by atoms with Crippen molar-refractivity contribution in [2.45, 2.75) is 19.3 Å². The average Bonchev–Trinajstić information content (AvgIpc) is 2.76. The molecule has 0 fully saturated rings. The fourth-order valence-electron chi connectivity index (χ4n) is 2.82. The molecule has 0 radical (unpaired) electrons. The highest BCUT2D eigenvalue weighted by Crippen LogP contribution is 2.33. The minimum absolute atomic E-state index is 0.188. The smallest absolute Gasteiger partial charge is 0.118 e. The van der Waals surface area contributed by atoms with Crippen LogP contribution in [-0.2, 0) is 0 Å². The number of benzene rings is 3. The Kier molecular flexibility index (Phi) is 7.93. The molecular formula is C24H25NO2. The average molecular weight is 359 g/mol. The lowest BCUT2D eigenvalue weighted by molar-refractivity contribution is 0.414. The van der Waals surface area contributed by atoms with E-state index in [1.807, 2.05) is 43.3 Å². The number of ether oxygens (including phenoxy) is 2. The zero-order valence-corrected chi connectivity index (χ0v) is 16.1. The van der Waals surface area contributed by atoms with Crippen LogP contribution in [0, 0.1) is 11.3 Å². The summed E-state index contributed by atoms with van der Waals surface area (Å²) in [6, 6.07) is 29.0. The van der Waals surface area contributed by atoms with Crippen molar-refractivity contribution in [2.24, 2.45) is 0 Å². The summed E-state index contributed by atoms with van der Waals surface area (Å²) < 4.78 is 10.5. The van der Waals surface area contributed by atoms with E-state index >= 15 is 0 Å². The molecule has 138 valence electrons. The molecule has 0 aromatic heterocycles. The van der Waals surface area contributed by atoms with Gasteiger partial charge in [-0.15, -0.1) is 0 Å². The third-order valence-electron chi connectivity index (χ3n) is 4.19. The molecule has 0 amide bonds. The van der Waals surface area contributed by atoms with Crippen molar-refractivity contribution in [2.75, 3.05) is 14.2 Å². The largest absolute Gasteiger partial charge is 0.497 e. The van der Waals surface area contributed by atoms with Crippen LogP contribution in [0.15, 0.2) is 78.9 Å². The van der Waals surface area contributed by atoms with E-state index in [9.17, 15) is 0 Å². The van der Waals surface area contributed by atoms with E-state index in [-0.39, 0.29) is 5.92 Å². The summed E-state index contributed by atoms with van der Waals surface area (Å²) in [5.41, 5.74) is 3.74. The first kappa shape index (κ1) is 20.1. The highest BCUT2D eigenvalue weighted by molar-refractivity contribution is 5.45. The van der Waals surface area contributed by atoms with Crippen LogP contribution in [0.4, 0.5) is 0 Å². The van der Waals surface area contributed by atoms with Crippen LogP contribution < -0.4 is 9.47 Å². The molecule has 0 unspecified atom stereocenters. The number of nitrogens with zero attached hydrogens (tertiary/aromatic N) is 1. The fraction of sp³-hybridized carbons (Fsp3) is 0.208. The molecule has 3 nitrogen and oxygen atoms in total. The summed E-state index contributed by atoms with van der Waals surface area (Å²) in [5.74, 6) is 1.93. The SMILES string of the molecule is CCC#N.COc1ccc(C(c2ccccc2)c2ccc(OC)cc2)cc1. The van der Waals surface area contributed by atoms with Gasteiger partial charge in [0.2, 0.25) is 0 Å². The number of hydrogen-bond donors (Lipinski definition) is 0. The summed E-state index contributed by atoms with van der Waals surface area (Å²) >= 11 is 0. The quantitative estimate of drug-likeness (QED) is 0.540. The molecule has 0 saturated heterocycles. The van der Waals surface area contributed by atoms with Gasteiger partial charge in [-0.25, -0.2) is 0 Å². The summed E-state index contributed by atoms with van der Waals surface area (Å²) in [6.07, 6.45) is 0.625. The standard InChI is InChI=1S/C21H20O2.C3H5N/c1-22-19-12-8-17(9-13-19)21(16-6-4-3-5-7-16)18-10-14-20(23-2)15-11-18;1-2-3-4/h3-15,21H,1-2H3;2H2,1H3. The number of hydrogen-bond acceptors (Lipinski definition) is 3. The summed E-state index contributed by atoms with van der Waals surface area (Å²) in [7, 11) is 3.38. The highest BCUT2D eigenvalue weighted by atomic mass is 16.5. The van der Waals surface area contributed by atoms with Crippen LogP contribution in [-0.4, -0.2) is 14.2 Å². The van der Waals surface area contributed by atoms with Crippen LogP contribution in [0.25, 0.3) is 0 Å². The lowest BCUT2D eigenvalue weighted by Crippen LogP contribution is -2.03. The van der Waals surface area contributed by atoms with Gasteiger partial charge < -0.3 is 9.47 Å². The van der Waals surface area contributed by atoms with E-state index in [0.717, 1.165) is 11.5 Å². The van der Waals surface area contributed by atoms with Crippen molar-refractivity contribution in [3.8, 4) is 17.6 Å². The van der Waals surface area contributed by atoms with Gasteiger partial charge in [0.15, 0.2) is 0 Å². The second kappa shape index (κ2) is 10.7. The Morgan fingerprint density at radius 3 is 1.41 bits per heavy atom. The van der Waals surface area contributed by atoms with Gasteiger partial charge in [-0.3, -0.25) is 0 Å². The molecule has 3 aromatic rings.